The van der Waals surface area contributed by atoms with E-state index in [1.165, 1.54) is 18.2 Å². The number of hydrogen-bond acceptors (Lipinski definition) is 6. The highest BCUT2D eigenvalue weighted by Gasteiger charge is 2.19. The van der Waals surface area contributed by atoms with E-state index in [4.69, 9.17) is 5.41 Å². The van der Waals surface area contributed by atoms with E-state index in [-0.39, 0.29) is 29.3 Å². The maximum absolute atomic E-state index is 13.2. The molecule has 9 heteroatoms. The third-order valence-corrected chi connectivity index (χ3v) is 5.20. The number of carbonyl (C=O) groups excluding carboxylic acids is 1. The normalized spacial score (nSPS) is 10.7. The summed E-state index contributed by atoms with van der Waals surface area (Å²) in [7, 11) is 0. The summed E-state index contributed by atoms with van der Waals surface area (Å²) in [6.07, 6.45) is 1.05. The minimum absolute atomic E-state index is 0.0107. The molecule has 0 saturated heterocycles. The van der Waals surface area contributed by atoms with Crippen molar-refractivity contribution in [1.82, 2.24) is 15.3 Å². The highest BCUT2D eigenvalue weighted by Crippen LogP contribution is 2.26. The first-order valence-electron chi connectivity index (χ1n) is 10.7. The summed E-state index contributed by atoms with van der Waals surface area (Å²) in [4.78, 5) is 44.2. The van der Waals surface area contributed by atoms with Crippen molar-refractivity contribution in [3.63, 3.8) is 0 Å². The van der Waals surface area contributed by atoms with Gasteiger partial charge in [-0.15, -0.1) is 0 Å². The van der Waals surface area contributed by atoms with Crippen molar-refractivity contribution in [3.05, 3.63) is 80.3 Å². The zero-order valence-corrected chi connectivity index (χ0v) is 19.4. The average Bonchev–Trinajstić information content (AvgIpc) is 2.77. The highest BCUT2D eigenvalue weighted by atomic mass is 16.4. The van der Waals surface area contributed by atoms with E-state index in [0.717, 1.165) is 17.5 Å². The van der Waals surface area contributed by atoms with Crippen LogP contribution in [0.25, 0.3) is 11.3 Å². The molecule has 0 aliphatic heterocycles. The van der Waals surface area contributed by atoms with E-state index in [0.29, 0.717) is 28.2 Å². The van der Waals surface area contributed by atoms with Gasteiger partial charge in [0.2, 0.25) is 0 Å². The molecule has 0 unspecified atom stereocenters. The largest absolute Gasteiger partial charge is 0.478 e. The van der Waals surface area contributed by atoms with Gasteiger partial charge in [0.05, 0.1) is 16.8 Å². The molecule has 3 aromatic rings. The van der Waals surface area contributed by atoms with Crippen LogP contribution in [0.3, 0.4) is 0 Å². The molecule has 0 aliphatic rings. The molecule has 3 rings (SSSR count). The lowest BCUT2D eigenvalue weighted by Crippen LogP contribution is -2.29. The van der Waals surface area contributed by atoms with Crippen LogP contribution in [0.2, 0.25) is 0 Å². The van der Waals surface area contributed by atoms with Crippen LogP contribution in [0.5, 0.6) is 0 Å². The van der Waals surface area contributed by atoms with E-state index in [9.17, 15) is 19.5 Å². The minimum atomic E-state index is -1.07. The van der Waals surface area contributed by atoms with Crippen LogP contribution in [-0.2, 0) is 6.54 Å². The smallest absolute Gasteiger partial charge is 0.335 e. The summed E-state index contributed by atoms with van der Waals surface area (Å²) in [5, 5.41) is 23.2. The Labute approximate surface area is 196 Å². The number of nitrogens with zero attached hydrogens (tertiary/aromatic N) is 1. The van der Waals surface area contributed by atoms with Gasteiger partial charge in [-0.05, 0) is 57.5 Å². The van der Waals surface area contributed by atoms with E-state index in [1.54, 1.807) is 26.0 Å². The average molecular weight is 462 g/mol. The summed E-state index contributed by atoms with van der Waals surface area (Å²) in [6, 6.07) is 9.58. The summed E-state index contributed by atoms with van der Waals surface area (Å²) in [6.45, 7) is 7.40. The molecule has 0 spiro atoms. The molecule has 176 valence electrons. The first-order chi connectivity index (χ1) is 16.1. The fraction of sp³-hybridized carbons (Fsp3) is 0.240. The zero-order valence-electron chi connectivity index (χ0n) is 19.4. The van der Waals surface area contributed by atoms with Gasteiger partial charge in [0, 0.05) is 41.2 Å². The standard InChI is InChI=1S/C25H27N5O4/c1-13(2)28-22-19(11-26)18(10-21(30-22)16-6-5-7-17(9-16)25(33)34)23(31)27-12-20-14(3)8-15(4)29-24(20)32/h5-11,13,26H,12H2,1-4H3,(H,27,31)(H,28,30)(H,29,32)(H,33,34). The minimum Gasteiger partial charge on any atom is -0.478 e. The lowest BCUT2D eigenvalue weighted by atomic mass is 10.0. The Morgan fingerprint density at radius 3 is 2.56 bits per heavy atom. The van der Waals surface area contributed by atoms with Crippen molar-refractivity contribution < 1.29 is 14.7 Å². The van der Waals surface area contributed by atoms with Crippen molar-refractivity contribution in [1.29, 1.82) is 5.41 Å². The SMILES string of the molecule is Cc1cc(C)c(CNC(=O)c2cc(-c3cccc(C(=O)O)c3)nc(NC(C)C)c2C=N)c(=O)[nH]1. The molecular formula is C25H27N5O4. The third kappa shape index (κ3) is 5.37. The van der Waals surface area contributed by atoms with Crippen LogP contribution >= 0.6 is 0 Å². The second-order valence-electron chi connectivity index (χ2n) is 8.27. The predicted octanol–water partition coefficient (Wildman–Crippen LogP) is 3.50. The van der Waals surface area contributed by atoms with Gasteiger partial charge in [-0.25, -0.2) is 9.78 Å². The number of anilines is 1. The molecule has 34 heavy (non-hydrogen) atoms. The zero-order chi connectivity index (χ0) is 25.0. The molecule has 0 atom stereocenters. The second-order valence-corrected chi connectivity index (χ2v) is 8.27. The van der Waals surface area contributed by atoms with Crippen LogP contribution in [0, 0.1) is 19.3 Å². The number of benzene rings is 1. The number of carbonyl (C=O) groups is 2. The van der Waals surface area contributed by atoms with Crippen molar-refractivity contribution in [3.8, 4) is 11.3 Å². The molecule has 0 radical (unpaired) electrons. The quantitative estimate of drug-likeness (QED) is 0.324. The first kappa shape index (κ1) is 24.4. The highest BCUT2D eigenvalue weighted by molar-refractivity contribution is 6.05. The lowest BCUT2D eigenvalue weighted by molar-refractivity contribution is 0.0696. The number of amides is 1. The fourth-order valence-electron chi connectivity index (χ4n) is 3.60. The summed E-state index contributed by atoms with van der Waals surface area (Å²) in [5.41, 5.74) is 3.13. The number of carboxylic acid groups (broad SMARTS) is 1. The monoisotopic (exact) mass is 461 g/mol. The van der Waals surface area contributed by atoms with E-state index < -0.39 is 11.9 Å². The van der Waals surface area contributed by atoms with Gasteiger partial charge in [0.1, 0.15) is 5.82 Å². The van der Waals surface area contributed by atoms with Gasteiger partial charge < -0.3 is 26.1 Å². The Hall–Kier alpha value is -4.27. The Balaban J connectivity index is 2.06. The molecule has 9 nitrogen and oxygen atoms in total. The van der Waals surface area contributed by atoms with Crippen molar-refractivity contribution >= 4 is 23.9 Å². The molecule has 0 fully saturated rings. The Bertz CT molecular complexity index is 1330. The van der Waals surface area contributed by atoms with Crippen molar-refractivity contribution in [2.45, 2.75) is 40.3 Å². The number of aromatic carboxylic acids is 1. The molecular weight excluding hydrogens is 434 g/mol. The lowest BCUT2D eigenvalue weighted by Gasteiger charge is -2.17. The number of pyridine rings is 2. The Kier molecular flexibility index (Phi) is 7.25. The Morgan fingerprint density at radius 1 is 1.21 bits per heavy atom. The van der Waals surface area contributed by atoms with Gasteiger partial charge in [0.25, 0.3) is 11.5 Å². The molecule has 0 saturated carbocycles. The van der Waals surface area contributed by atoms with Gasteiger partial charge in [0.15, 0.2) is 0 Å². The molecule has 1 amide bonds. The number of aryl methyl sites for hydroxylation is 2. The summed E-state index contributed by atoms with van der Waals surface area (Å²) < 4.78 is 0. The number of carboxylic acids is 1. The van der Waals surface area contributed by atoms with E-state index in [1.807, 2.05) is 19.9 Å². The van der Waals surface area contributed by atoms with Gasteiger partial charge >= 0.3 is 5.97 Å². The summed E-state index contributed by atoms with van der Waals surface area (Å²) >= 11 is 0. The van der Waals surface area contributed by atoms with Crippen molar-refractivity contribution in [2.75, 3.05) is 5.32 Å². The topological polar surface area (TPSA) is 148 Å². The number of rotatable bonds is 8. The van der Waals surface area contributed by atoms with Crippen LogP contribution in [0.4, 0.5) is 5.82 Å². The Morgan fingerprint density at radius 2 is 1.94 bits per heavy atom. The van der Waals surface area contributed by atoms with Crippen LogP contribution in [0.1, 0.15) is 56.9 Å². The number of aromatic amines is 1. The number of hydrogen-bond donors (Lipinski definition) is 5. The summed E-state index contributed by atoms with van der Waals surface area (Å²) in [5.74, 6) is -1.23. The molecule has 2 heterocycles. The third-order valence-electron chi connectivity index (χ3n) is 5.20. The predicted molar refractivity (Wildman–Crippen MR) is 131 cm³/mol. The molecule has 0 aliphatic carbocycles. The molecule has 5 N–H and O–H groups in total. The van der Waals surface area contributed by atoms with Crippen LogP contribution in [0.15, 0.2) is 41.2 Å². The number of H-pyrrole nitrogens is 1. The number of aromatic nitrogens is 2. The number of nitrogens with one attached hydrogen (secondary N) is 4. The van der Waals surface area contributed by atoms with Crippen molar-refractivity contribution in [2.24, 2.45) is 0 Å². The van der Waals surface area contributed by atoms with Crippen LogP contribution in [-0.4, -0.2) is 39.2 Å². The van der Waals surface area contributed by atoms with Gasteiger partial charge in [-0.1, -0.05) is 12.1 Å². The second kappa shape index (κ2) is 10.1. The maximum Gasteiger partial charge on any atom is 0.335 e. The van der Waals surface area contributed by atoms with E-state index >= 15 is 0 Å². The van der Waals surface area contributed by atoms with Gasteiger partial charge in [-0.3, -0.25) is 9.59 Å². The maximum atomic E-state index is 13.2. The van der Waals surface area contributed by atoms with E-state index in [2.05, 4.69) is 20.6 Å². The fourth-order valence-corrected chi connectivity index (χ4v) is 3.60. The molecule has 0 bridgehead atoms. The van der Waals surface area contributed by atoms with Gasteiger partial charge in [-0.2, -0.15) is 0 Å². The first-order valence-corrected chi connectivity index (χ1v) is 10.7. The van der Waals surface area contributed by atoms with Crippen LogP contribution < -0.4 is 16.2 Å². The molecule has 2 aromatic heterocycles. The molecule has 1 aromatic carbocycles.